The van der Waals surface area contributed by atoms with Crippen molar-refractivity contribution >= 4 is 35.5 Å². The van der Waals surface area contributed by atoms with Gasteiger partial charge in [0.2, 0.25) is 0 Å². The van der Waals surface area contributed by atoms with Gasteiger partial charge in [0.15, 0.2) is 5.57 Å². The van der Waals surface area contributed by atoms with Gasteiger partial charge in [-0.15, -0.1) is 0 Å². The van der Waals surface area contributed by atoms with Crippen molar-refractivity contribution in [2.75, 3.05) is 0 Å². The van der Waals surface area contributed by atoms with Gasteiger partial charge < -0.3 is 9.47 Å². The fraction of sp³-hybridized carbons (Fsp3) is 0.571. The molecule has 0 radical (unpaired) electrons. The zero-order valence-corrected chi connectivity index (χ0v) is 13.8. The molecule has 1 rings (SSSR count). The van der Waals surface area contributed by atoms with Gasteiger partial charge in [0.1, 0.15) is 0 Å². The minimum atomic E-state index is -0.605. The standard InChI is InChI=1S/C14H20O4S2/c1-5-9(3)17-12(15)11(14-19-7-8-20-14)13(16)18-10(4)6-2/h7-10H,5-6H2,1-4H3. The van der Waals surface area contributed by atoms with Crippen LogP contribution in [0.25, 0.3) is 0 Å². The summed E-state index contributed by atoms with van der Waals surface area (Å²) in [5, 5.41) is 3.65. The fourth-order valence-electron chi connectivity index (χ4n) is 1.22. The van der Waals surface area contributed by atoms with Gasteiger partial charge in [-0.1, -0.05) is 37.4 Å². The predicted molar refractivity (Wildman–Crippen MR) is 83.0 cm³/mol. The summed E-state index contributed by atoms with van der Waals surface area (Å²) in [4.78, 5) is 24.4. The summed E-state index contributed by atoms with van der Waals surface area (Å²) in [6.45, 7) is 7.44. The third-order valence-electron chi connectivity index (χ3n) is 2.78. The molecular formula is C14H20O4S2. The molecule has 0 amide bonds. The molecule has 0 aromatic rings. The topological polar surface area (TPSA) is 52.6 Å². The largest absolute Gasteiger partial charge is 0.459 e. The maximum Gasteiger partial charge on any atom is 0.347 e. The minimum Gasteiger partial charge on any atom is -0.459 e. The Morgan fingerprint density at radius 3 is 1.75 bits per heavy atom. The maximum absolute atomic E-state index is 12.2. The molecule has 1 aliphatic heterocycles. The van der Waals surface area contributed by atoms with Gasteiger partial charge in [0.05, 0.1) is 16.4 Å². The van der Waals surface area contributed by atoms with Gasteiger partial charge >= 0.3 is 11.9 Å². The second kappa shape index (κ2) is 8.42. The van der Waals surface area contributed by atoms with Gasteiger partial charge in [0.25, 0.3) is 0 Å². The summed E-state index contributed by atoms with van der Waals surface area (Å²) in [6.07, 6.45) is 0.957. The van der Waals surface area contributed by atoms with E-state index < -0.39 is 11.9 Å². The highest BCUT2D eigenvalue weighted by Crippen LogP contribution is 2.40. The van der Waals surface area contributed by atoms with Gasteiger partial charge in [0, 0.05) is 0 Å². The van der Waals surface area contributed by atoms with E-state index in [1.807, 2.05) is 24.7 Å². The molecule has 0 fully saturated rings. The van der Waals surface area contributed by atoms with Crippen molar-refractivity contribution in [1.82, 2.24) is 0 Å². The Hall–Kier alpha value is -0.880. The van der Waals surface area contributed by atoms with E-state index >= 15 is 0 Å². The van der Waals surface area contributed by atoms with E-state index in [2.05, 4.69) is 0 Å². The smallest absolute Gasteiger partial charge is 0.347 e. The first-order valence-electron chi connectivity index (χ1n) is 6.64. The summed E-state index contributed by atoms with van der Waals surface area (Å²) in [7, 11) is 0. The quantitative estimate of drug-likeness (QED) is 0.321. The van der Waals surface area contributed by atoms with Crippen molar-refractivity contribution in [1.29, 1.82) is 0 Å². The van der Waals surface area contributed by atoms with Gasteiger partial charge in [-0.25, -0.2) is 9.59 Å². The number of carbonyl (C=O) groups excluding carboxylic acids is 2. The highest BCUT2D eigenvalue weighted by Gasteiger charge is 2.29. The Labute approximate surface area is 128 Å². The molecule has 0 aromatic carbocycles. The molecule has 112 valence electrons. The molecule has 0 aromatic heterocycles. The molecule has 1 heterocycles. The van der Waals surface area contributed by atoms with Crippen LogP contribution in [0.3, 0.4) is 0 Å². The summed E-state index contributed by atoms with van der Waals surface area (Å²) < 4.78 is 11.1. The lowest BCUT2D eigenvalue weighted by Gasteiger charge is -2.16. The molecular weight excluding hydrogens is 296 g/mol. The molecule has 0 bridgehead atoms. The van der Waals surface area contributed by atoms with Gasteiger partial charge in [-0.2, -0.15) is 0 Å². The first-order chi connectivity index (χ1) is 9.49. The molecule has 2 atom stereocenters. The van der Waals surface area contributed by atoms with Crippen molar-refractivity contribution in [3.63, 3.8) is 0 Å². The molecule has 0 saturated carbocycles. The van der Waals surface area contributed by atoms with Gasteiger partial charge in [-0.05, 0) is 37.5 Å². The Morgan fingerprint density at radius 1 is 1.00 bits per heavy atom. The molecule has 0 spiro atoms. The summed E-state index contributed by atoms with van der Waals surface area (Å²) in [5.41, 5.74) is 0.00519. The molecule has 0 N–H and O–H groups in total. The van der Waals surface area contributed by atoms with Crippen LogP contribution >= 0.6 is 23.5 Å². The molecule has 20 heavy (non-hydrogen) atoms. The van der Waals surface area contributed by atoms with Crippen LogP contribution in [-0.2, 0) is 19.1 Å². The highest BCUT2D eigenvalue weighted by molar-refractivity contribution is 8.27. The Balaban J connectivity index is 2.89. The number of rotatable bonds is 6. The van der Waals surface area contributed by atoms with E-state index in [1.165, 1.54) is 23.5 Å². The van der Waals surface area contributed by atoms with Crippen LogP contribution in [0.5, 0.6) is 0 Å². The van der Waals surface area contributed by atoms with Crippen LogP contribution in [0, 0.1) is 0 Å². The molecule has 1 aliphatic rings. The van der Waals surface area contributed by atoms with E-state index in [-0.39, 0.29) is 17.8 Å². The second-order valence-corrected chi connectivity index (χ2v) is 6.51. The fourth-order valence-corrected chi connectivity index (χ4v) is 3.04. The first-order valence-corrected chi connectivity index (χ1v) is 8.40. The zero-order chi connectivity index (χ0) is 15.1. The van der Waals surface area contributed by atoms with Crippen LogP contribution < -0.4 is 0 Å². The lowest BCUT2D eigenvalue weighted by atomic mass is 10.2. The van der Waals surface area contributed by atoms with E-state index in [1.54, 1.807) is 13.8 Å². The average Bonchev–Trinajstić information content (AvgIpc) is 2.92. The predicted octanol–water partition coefficient (Wildman–Crippen LogP) is 3.83. The lowest BCUT2D eigenvalue weighted by Crippen LogP contribution is -2.25. The van der Waals surface area contributed by atoms with Crippen molar-refractivity contribution in [3.05, 3.63) is 20.6 Å². The number of ether oxygens (including phenoxy) is 2. The minimum absolute atomic E-state index is 0.00519. The average molecular weight is 316 g/mol. The van der Waals surface area contributed by atoms with E-state index in [0.29, 0.717) is 17.1 Å². The third-order valence-corrected chi connectivity index (χ3v) is 4.91. The van der Waals surface area contributed by atoms with Crippen LogP contribution in [0.1, 0.15) is 40.5 Å². The normalized spacial score (nSPS) is 16.7. The SMILES string of the molecule is CCC(C)OC(=O)C(C(=O)OC(C)CC)=C1SC=CS1. The monoisotopic (exact) mass is 316 g/mol. The molecule has 6 heteroatoms. The number of hydrogen-bond donors (Lipinski definition) is 0. The Morgan fingerprint density at radius 2 is 1.40 bits per heavy atom. The third kappa shape index (κ3) is 4.90. The zero-order valence-electron chi connectivity index (χ0n) is 12.2. The number of thioether (sulfide) groups is 2. The van der Waals surface area contributed by atoms with E-state index in [0.717, 1.165) is 0 Å². The lowest BCUT2D eigenvalue weighted by molar-refractivity contribution is -0.151. The molecule has 0 aliphatic carbocycles. The number of esters is 2. The van der Waals surface area contributed by atoms with Gasteiger partial charge in [-0.3, -0.25) is 0 Å². The number of hydrogen-bond acceptors (Lipinski definition) is 6. The van der Waals surface area contributed by atoms with Crippen molar-refractivity contribution in [3.8, 4) is 0 Å². The molecule has 4 nitrogen and oxygen atoms in total. The maximum atomic E-state index is 12.2. The van der Waals surface area contributed by atoms with E-state index in [4.69, 9.17) is 9.47 Å². The molecule has 2 unspecified atom stereocenters. The molecule has 0 saturated heterocycles. The second-order valence-electron chi connectivity index (χ2n) is 4.42. The Kier molecular flexibility index (Phi) is 7.23. The van der Waals surface area contributed by atoms with E-state index in [9.17, 15) is 9.59 Å². The Bertz CT molecular complexity index is 393. The number of carbonyl (C=O) groups is 2. The summed E-state index contributed by atoms with van der Waals surface area (Å²) in [5.74, 6) is -1.21. The first kappa shape index (κ1) is 17.2. The summed E-state index contributed by atoms with van der Waals surface area (Å²) in [6, 6.07) is 0. The van der Waals surface area contributed by atoms with Crippen molar-refractivity contribution in [2.24, 2.45) is 0 Å². The van der Waals surface area contributed by atoms with Crippen molar-refractivity contribution < 1.29 is 19.1 Å². The van der Waals surface area contributed by atoms with Crippen molar-refractivity contribution in [2.45, 2.75) is 52.7 Å². The van der Waals surface area contributed by atoms with Crippen LogP contribution in [0.2, 0.25) is 0 Å². The van der Waals surface area contributed by atoms with Crippen LogP contribution in [0.4, 0.5) is 0 Å². The van der Waals surface area contributed by atoms with Crippen LogP contribution in [-0.4, -0.2) is 24.1 Å². The highest BCUT2D eigenvalue weighted by atomic mass is 32.2. The summed E-state index contributed by atoms with van der Waals surface area (Å²) >= 11 is 2.67. The van der Waals surface area contributed by atoms with Crippen LogP contribution in [0.15, 0.2) is 20.6 Å².